The minimum atomic E-state index is -4.70. The van der Waals surface area contributed by atoms with Gasteiger partial charge in [0, 0.05) is 16.5 Å². The largest absolute Gasteiger partial charge is 0.524 e. The number of para-hydroxylation sites is 1. The van der Waals surface area contributed by atoms with E-state index in [4.69, 9.17) is 4.52 Å². The lowest BCUT2D eigenvalue weighted by Gasteiger charge is -2.35. The number of benzene rings is 2. The van der Waals surface area contributed by atoms with E-state index in [-0.39, 0.29) is 11.7 Å². The van der Waals surface area contributed by atoms with Gasteiger partial charge in [-0.25, -0.2) is 4.57 Å². The topological polar surface area (TPSA) is 66.8 Å². The molecule has 0 amide bonds. The van der Waals surface area contributed by atoms with Crippen LogP contribution in [0.1, 0.15) is 19.4 Å². The van der Waals surface area contributed by atoms with Gasteiger partial charge in [0.15, 0.2) is 0 Å². The van der Waals surface area contributed by atoms with Crippen molar-refractivity contribution in [1.82, 2.24) is 0 Å². The van der Waals surface area contributed by atoms with E-state index in [0.29, 0.717) is 5.56 Å². The first-order valence-electron chi connectivity index (χ1n) is 8.11. The van der Waals surface area contributed by atoms with Crippen LogP contribution in [0.3, 0.4) is 0 Å². The Bertz CT molecular complexity index is 867. The maximum absolute atomic E-state index is 11.6. The van der Waals surface area contributed by atoms with Crippen LogP contribution in [0.5, 0.6) is 5.75 Å². The predicted octanol–water partition coefficient (Wildman–Crippen LogP) is 4.84. The average Bonchev–Trinajstić information content (AvgIpc) is 2.57. The molecule has 0 bridgehead atoms. The highest BCUT2D eigenvalue weighted by atomic mass is 31.2. The number of phosphoric acid groups is 1. The zero-order chi connectivity index (χ0) is 18.1. The monoisotopic (exact) mass is 356 g/mol. The Labute approximate surface area is 147 Å². The first kappa shape index (κ1) is 17.7. The van der Waals surface area contributed by atoms with Crippen LogP contribution >= 0.6 is 7.82 Å². The van der Waals surface area contributed by atoms with E-state index >= 15 is 0 Å². The molecule has 2 aromatic carbocycles. The van der Waals surface area contributed by atoms with Crippen LogP contribution < -0.4 is 4.52 Å². The average molecular weight is 356 g/mol. The van der Waals surface area contributed by atoms with E-state index in [1.54, 1.807) is 0 Å². The van der Waals surface area contributed by atoms with Gasteiger partial charge >= 0.3 is 7.82 Å². The van der Waals surface area contributed by atoms with Gasteiger partial charge in [-0.05, 0) is 11.5 Å². The van der Waals surface area contributed by atoms with Crippen molar-refractivity contribution in [3.8, 4) is 16.9 Å². The molecule has 0 aromatic heterocycles. The summed E-state index contributed by atoms with van der Waals surface area (Å²) < 4.78 is 16.8. The number of rotatable bonds is 4. The fourth-order valence-electron chi connectivity index (χ4n) is 3.20. The lowest BCUT2D eigenvalue weighted by Crippen LogP contribution is -2.29. The van der Waals surface area contributed by atoms with E-state index < -0.39 is 13.2 Å². The second kappa shape index (κ2) is 6.64. The third kappa shape index (κ3) is 3.62. The summed E-state index contributed by atoms with van der Waals surface area (Å²) in [5, 5.41) is 0. The summed E-state index contributed by atoms with van der Waals surface area (Å²) in [6.07, 6.45) is 8.07. The fourth-order valence-corrected chi connectivity index (χ4v) is 3.63. The van der Waals surface area contributed by atoms with Crippen LogP contribution in [0.2, 0.25) is 0 Å². The standard InChI is InChI=1S/C20H21O4P/c1-15-9-6-7-14-20(15,2)18-13-8-12-17(16-10-4-3-5-11-16)19(18)24-25(21,22)23/h3-15H,1-2H3,(H2,21,22,23). The third-order valence-electron chi connectivity index (χ3n) is 4.79. The van der Waals surface area contributed by atoms with Crippen LogP contribution in [0.15, 0.2) is 72.8 Å². The summed E-state index contributed by atoms with van der Waals surface area (Å²) in [5.74, 6) is 0.388. The molecule has 0 fully saturated rings. The Morgan fingerprint density at radius 3 is 2.40 bits per heavy atom. The number of allylic oxidation sites excluding steroid dienone is 4. The van der Waals surface area contributed by atoms with E-state index in [1.807, 2.05) is 73.7 Å². The zero-order valence-corrected chi connectivity index (χ0v) is 15.1. The van der Waals surface area contributed by atoms with Crippen molar-refractivity contribution < 1.29 is 18.9 Å². The molecule has 4 nitrogen and oxygen atoms in total. The summed E-state index contributed by atoms with van der Waals surface area (Å²) in [6, 6.07) is 15.1. The summed E-state index contributed by atoms with van der Waals surface area (Å²) in [7, 11) is -4.70. The van der Waals surface area contributed by atoms with Gasteiger partial charge in [0.25, 0.3) is 0 Å². The summed E-state index contributed by atoms with van der Waals surface area (Å²) in [5.41, 5.74) is 1.84. The minimum absolute atomic E-state index is 0.155. The highest BCUT2D eigenvalue weighted by molar-refractivity contribution is 7.46. The molecule has 130 valence electrons. The van der Waals surface area contributed by atoms with Crippen LogP contribution in [0.25, 0.3) is 11.1 Å². The Kier molecular flexibility index (Phi) is 4.70. The van der Waals surface area contributed by atoms with E-state index in [0.717, 1.165) is 11.1 Å². The SMILES string of the molecule is CC1C=CC=CC1(C)c1cccc(-c2ccccc2)c1OP(=O)(O)O. The molecule has 1 aliphatic rings. The molecule has 0 spiro atoms. The summed E-state index contributed by atoms with van der Waals surface area (Å²) in [4.78, 5) is 18.9. The van der Waals surface area contributed by atoms with Gasteiger partial charge in [-0.2, -0.15) is 0 Å². The van der Waals surface area contributed by atoms with Crippen molar-refractivity contribution in [3.63, 3.8) is 0 Å². The van der Waals surface area contributed by atoms with Gasteiger partial charge in [0.1, 0.15) is 5.75 Å². The Hall–Kier alpha value is -2.13. The molecule has 0 saturated heterocycles. The molecule has 0 saturated carbocycles. The maximum Gasteiger partial charge on any atom is 0.524 e. The van der Waals surface area contributed by atoms with Crippen LogP contribution in [-0.4, -0.2) is 9.79 Å². The molecule has 2 N–H and O–H groups in total. The molecule has 0 radical (unpaired) electrons. The summed E-state index contributed by atoms with van der Waals surface area (Å²) >= 11 is 0. The van der Waals surface area contributed by atoms with E-state index in [1.165, 1.54) is 0 Å². The van der Waals surface area contributed by atoms with Crippen molar-refractivity contribution in [2.24, 2.45) is 5.92 Å². The van der Waals surface area contributed by atoms with Crippen LogP contribution in [0, 0.1) is 5.92 Å². The zero-order valence-electron chi connectivity index (χ0n) is 14.2. The highest BCUT2D eigenvalue weighted by Crippen LogP contribution is 2.50. The molecule has 2 unspecified atom stereocenters. The van der Waals surface area contributed by atoms with Gasteiger partial charge in [0.05, 0.1) is 0 Å². The molecule has 2 atom stereocenters. The molecule has 5 heteroatoms. The minimum Gasteiger partial charge on any atom is -0.403 e. The van der Waals surface area contributed by atoms with Gasteiger partial charge in [-0.1, -0.05) is 86.7 Å². The second-order valence-electron chi connectivity index (χ2n) is 6.45. The summed E-state index contributed by atoms with van der Waals surface area (Å²) in [6.45, 7) is 4.13. The lowest BCUT2D eigenvalue weighted by atomic mass is 9.69. The van der Waals surface area contributed by atoms with Crippen molar-refractivity contribution in [3.05, 3.63) is 78.4 Å². The number of hydrogen-bond donors (Lipinski definition) is 2. The quantitative estimate of drug-likeness (QED) is 0.769. The van der Waals surface area contributed by atoms with Gasteiger partial charge < -0.3 is 4.52 Å². The smallest absolute Gasteiger partial charge is 0.403 e. The maximum atomic E-state index is 11.6. The number of hydrogen-bond acceptors (Lipinski definition) is 2. The fraction of sp³-hybridized carbons (Fsp3) is 0.200. The predicted molar refractivity (Wildman–Crippen MR) is 99.3 cm³/mol. The van der Waals surface area contributed by atoms with Crippen molar-refractivity contribution in [2.45, 2.75) is 19.3 Å². The molecular weight excluding hydrogens is 335 g/mol. The van der Waals surface area contributed by atoms with Gasteiger partial charge in [-0.15, -0.1) is 0 Å². The van der Waals surface area contributed by atoms with E-state index in [2.05, 4.69) is 13.0 Å². The van der Waals surface area contributed by atoms with Crippen molar-refractivity contribution >= 4 is 7.82 Å². The molecule has 3 rings (SSSR count). The Balaban J connectivity index is 2.24. The van der Waals surface area contributed by atoms with Gasteiger partial charge in [-0.3, -0.25) is 9.79 Å². The molecule has 1 aliphatic carbocycles. The Morgan fingerprint density at radius 1 is 1.04 bits per heavy atom. The van der Waals surface area contributed by atoms with Crippen LogP contribution in [-0.2, 0) is 9.98 Å². The molecule has 0 aliphatic heterocycles. The highest BCUT2D eigenvalue weighted by Gasteiger charge is 2.35. The van der Waals surface area contributed by atoms with Crippen molar-refractivity contribution in [1.29, 1.82) is 0 Å². The Morgan fingerprint density at radius 2 is 1.76 bits per heavy atom. The molecular formula is C20H21O4P. The van der Waals surface area contributed by atoms with E-state index in [9.17, 15) is 14.4 Å². The first-order chi connectivity index (χ1) is 11.8. The molecule has 0 heterocycles. The number of phosphoric ester groups is 1. The van der Waals surface area contributed by atoms with Crippen LogP contribution in [0.4, 0.5) is 0 Å². The molecule has 25 heavy (non-hydrogen) atoms. The van der Waals surface area contributed by atoms with Crippen molar-refractivity contribution in [2.75, 3.05) is 0 Å². The van der Waals surface area contributed by atoms with Gasteiger partial charge in [0.2, 0.25) is 0 Å². The normalized spacial score (nSPS) is 22.8. The lowest BCUT2D eigenvalue weighted by molar-refractivity contribution is 0.280. The first-order valence-corrected chi connectivity index (χ1v) is 9.64. The molecule has 2 aromatic rings. The third-order valence-corrected chi connectivity index (χ3v) is 5.21. The second-order valence-corrected chi connectivity index (χ2v) is 7.61.